The summed E-state index contributed by atoms with van der Waals surface area (Å²) in [4.78, 5) is 31.0. The first kappa shape index (κ1) is 15.3. The van der Waals surface area contributed by atoms with Crippen molar-refractivity contribution in [2.45, 2.75) is 39.3 Å². The topological polar surface area (TPSA) is 73.7 Å². The molecule has 1 aromatic rings. The quantitative estimate of drug-likeness (QED) is 0.868. The van der Waals surface area contributed by atoms with Gasteiger partial charge < -0.3 is 14.9 Å². The van der Waals surface area contributed by atoms with Crippen molar-refractivity contribution in [3.05, 3.63) is 29.6 Å². The zero-order valence-corrected chi connectivity index (χ0v) is 12.5. The third-order valence-corrected chi connectivity index (χ3v) is 3.49. The molecule has 1 saturated carbocycles. The van der Waals surface area contributed by atoms with Crippen LogP contribution >= 0.6 is 0 Å². The fourth-order valence-electron chi connectivity index (χ4n) is 2.26. The molecule has 0 atom stereocenters. The van der Waals surface area contributed by atoms with Crippen LogP contribution in [0.4, 0.5) is 4.79 Å². The third-order valence-electron chi connectivity index (χ3n) is 3.49. The number of carbonyl (C=O) groups excluding carboxylic acids is 1. The van der Waals surface area contributed by atoms with Crippen molar-refractivity contribution in [2.75, 3.05) is 13.1 Å². The van der Waals surface area contributed by atoms with E-state index in [1.165, 1.54) is 4.90 Å². The van der Waals surface area contributed by atoms with Gasteiger partial charge in [0.15, 0.2) is 0 Å². The molecule has 1 aliphatic carbocycles. The lowest BCUT2D eigenvalue weighted by Crippen LogP contribution is -2.46. The summed E-state index contributed by atoms with van der Waals surface area (Å²) >= 11 is 0. The molecule has 0 saturated heterocycles. The molecule has 6 nitrogen and oxygen atoms in total. The Bertz CT molecular complexity index is 529. The van der Waals surface area contributed by atoms with E-state index in [-0.39, 0.29) is 18.6 Å². The van der Waals surface area contributed by atoms with Crippen molar-refractivity contribution in [1.29, 1.82) is 0 Å². The maximum Gasteiger partial charge on any atom is 0.323 e. The minimum absolute atomic E-state index is 0.0770. The summed E-state index contributed by atoms with van der Waals surface area (Å²) in [6, 6.07) is 5.55. The number of carboxylic acids is 1. The van der Waals surface area contributed by atoms with E-state index in [1.54, 1.807) is 4.90 Å². The first-order valence-electron chi connectivity index (χ1n) is 7.21. The number of hydrogen-bond acceptors (Lipinski definition) is 3. The van der Waals surface area contributed by atoms with Crippen molar-refractivity contribution in [1.82, 2.24) is 14.8 Å². The van der Waals surface area contributed by atoms with E-state index >= 15 is 0 Å². The number of amides is 2. The molecule has 1 heterocycles. The Labute approximate surface area is 124 Å². The van der Waals surface area contributed by atoms with Gasteiger partial charge in [0.05, 0.1) is 12.2 Å². The van der Waals surface area contributed by atoms with Crippen LogP contribution in [0.1, 0.15) is 31.2 Å². The summed E-state index contributed by atoms with van der Waals surface area (Å²) in [6.45, 7) is 4.49. The van der Waals surface area contributed by atoms with Crippen LogP contribution in [-0.4, -0.2) is 51.0 Å². The predicted octanol–water partition coefficient (Wildman–Crippen LogP) is 1.88. The van der Waals surface area contributed by atoms with Gasteiger partial charge in [0.25, 0.3) is 0 Å². The van der Waals surface area contributed by atoms with Crippen molar-refractivity contribution in [3.8, 4) is 0 Å². The highest BCUT2D eigenvalue weighted by molar-refractivity contribution is 5.80. The molecule has 1 aromatic heterocycles. The van der Waals surface area contributed by atoms with Crippen molar-refractivity contribution in [3.63, 3.8) is 0 Å². The number of aliphatic carboxylic acids is 1. The molecule has 2 rings (SSSR count). The first-order valence-corrected chi connectivity index (χ1v) is 7.21. The van der Waals surface area contributed by atoms with Gasteiger partial charge in [-0.1, -0.05) is 6.07 Å². The smallest absolute Gasteiger partial charge is 0.323 e. The average molecular weight is 291 g/mol. The van der Waals surface area contributed by atoms with Gasteiger partial charge in [-0.15, -0.1) is 0 Å². The number of aromatic nitrogens is 1. The lowest BCUT2D eigenvalue weighted by molar-refractivity contribution is -0.137. The second-order valence-corrected chi connectivity index (χ2v) is 5.32. The van der Waals surface area contributed by atoms with Crippen LogP contribution < -0.4 is 0 Å². The van der Waals surface area contributed by atoms with Gasteiger partial charge in [0, 0.05) is 18.3 Å². The van der Waals surface area contributed by atoms with Crippen molar-refractivity contribution >= 4 is 12.0 Å². The van der Waals surface area contributed by atoms with E-state index in [2.05, 4.69) is 4.98 Å². The fourth-order valence-corrected chi connectivity index (χ4v) is 2.26. The molecule has 114 valence electrons. The van der Waals surface area contributed by atoms with Gasteiger partial charge in [-0.25, -0.2) is 4.79 Å². The van der Waals surface area contributed by atoms with Crippen LogP contribution in [0.5, 0.6) is 0 Å². The van der Waals surface area contributed by atoms with E-state index in [4.69, 9.17) is 5.11 Å². The lowest BCUT2D eigenvalue weighted by Gasteiger charge is -2.29. The number of carbonyl (C=O) groups is 2. The Kier molecular flexibility index (Phi) is 4.77. The molecule has 21 heavy (non-hydrogen) atoms. The van der Waals surface area contributed by atoms with Crippen LogP contribution in [0.3, 0.4) is 0 Å². The predicted molar refractivity (Wildman–Crippen MR) is 77.8 cm³/mol. The fraction of sp³-hybridized carbons (Fsp3) is 0.533. The summed E-state index contributed by atoms with van der Waals surface area (Å²) in [5.41, 5.74) is 1.72. The highest BCUT2D eigenvalue weighted by atomic mass is 16.4. The van der Waals surface area contributed by atoms with E-state index < -0.39 is 5.97 Å². The van der Waals surface area contributed by atoms with Gasteiger partial charge >= 0.3 is 12.0 Å². The average Bonchev–Trinajstić information content (AvgIpc) is 3.26. The van der Waals surface area contributed by atoms with Gasteiger partial charge in [0.2, 0.25) is 0 Å². The number of urea groups is 1. The second kappa shape index (κ2) is 6.56. The second-order valence-electron chi connectivity index (χ2n) is 5.32. The van der Waals surface area contributed by atoms with E-state index in [0.717, 1.165) is 24.2 Å². The number of carboxylic acid groups (broad SMARTS) is 1. The summed E-state index contributed by atoms with van der Waals surface area (Å²) in [5, 5.41) is 8.97. The highest BCUT2D eigenvalue weighted by Gasteiger charge is 2.35. The molecule has 0 aromatic carbocycles. The Morgan fingerprint density at radius 3 is 2.62 bits per heavy atom. The summed E-state index contributed by atoms with van der Waals surface area (Å²) in [7, 11) is 0. The Balaban J connectivity index is 2.07. The van der Waals surface area contributed by atoms with Crippen LogP contribution in [-0.2, 0) is 11.3 Å². The maximum absolute atomic E-state index is 12.5. The molecule has 1 aliphatic rings. The highest BCUT2D eigenvalue weighted by Crippen LogP contribution is 2.27. The van der Waals surface area contributed by atoms with E-state index in [0.29, 0.717) is 13.1 Å². The number of nitrogens with zero attached hydrogens (tertiary/aromatic N) is 3. The number of pyridine rings is 1. The molecule has 0 spiro atoms. The minimum Gasteiger partial charge on any atom is -0.480 e. The Hall–Kier alpha value is -2.11. The third kappa shape index (κ3) is 4.18. The largest absolute Gasteiger partial charge is 0.480 e. The van der Waals surface area contributed by atoms with Crippen LogP contribution in [0.2, 0.25) is 0 Å². The number of aryl methyl sites for hydroxylation is 1. The van der Waals surface area contributed by atoms with Crippen LogP contribution in [0.25, 0.3) is 0 Å². The molecular formula is C15H21N3O3. The molecular weight excluding hydrogens is 270 g/mol. The summed E-state index contributed by atoms with van der Waals surface area (Å²) in [6.07, 6.45) is 1.78. The van der Waals surface area contributed by atoms with Crippen molar-refractivity contribution in [2.24, 2.45) is 0 Å². The lowest BCUT2D eigenvalue weighted by atomic mass is 10.3. The van der Waals surface area contributed by atoms with Gasteiger partial charge in [0.1, 0.15) is 6.54 Å². The number of rotatable bonds is 6. The monoisotopic (exact) mass is 291 g/mol. The van der Waals surface area contributed by atoms with Crippen LogP contribution in [0, 0.1) is 6.92 Å². The van der Waals surface area contributed by atoms with Crippen LogP contribution in [0.15, 0.2) is 18.2 Å². The normalized spacial score (nSPS) is 13.8. The zero-order valence-electron chi connectivity index (χ0n) is 12.5. The Morgan fingerprint density at radius 1 is 1.38 bits per heavy atom. The maximum atomic E-state index is 12.5. The van der Waals surface area contributed by atoms with E-state index in [1.807, 2.05) is 32.0 Å². The van der Waals surface area contributed by atoms with Gasteiger partial charge in [-0.3, -0.25) is 9.78 Å². The minimum atomic E-state index is -0.972. The molecule has 1 fully saturated rings. The zero-order chi connectivity index (χ0) is 15.4. The molecule has 0 unspecified atom stereocenters. The molecule has 0 aliphatic heterocycles. The van der Waals surface area contributed by atoms with Gasteiger partial charge in [-0.05, 0) is 38.8 Å². The number of hydrogen-bond donors (Lipinski definition) is 1. The summed E-state index contributed by atoms with van der Waals surface area (Å²) < 4.78 is 0. The first-order chi connectivity index (χ1) is 10.0. The molecule has 6 heteroatoms. The SMILES string of the molecule is CCN(Cc1cccc(C)n1)C(=O)N(CC(=O)O)C1CC1. The molecule has 0 bridgehead atoms. The molecule has 2 amide bonds. The standard InChI is InChI=1S/C15H21N3O3/c1-3-17(9-12-6-4-5-11(2)16-12)15(21)18(10-14(19)20)13-7-8-13/h4-6,13H,3,7-10H2,1-2H3,(H,19,20). The molecule has 0 radical (unpaired) electrons. The summed E-state index contributed by atoms with van der Waals surface area (Å²) in [5.74, 6) is -0.972. The van der Waals surface area contributed by atoms with E-state index in [9.17, 15) is 9.59 Å². The molecule has 1 N–H and O–H groups in total. The van der Waals surface area contributed by atoms with Crippen molar-refractivity contribution < 1.29 is 14.7 Å². The Morgan fingerprint density at radius 2 is 2.10 bits per heavy atom. The van der Waals surface area contributed by atoms with Gasteiger partial charge in [-0.2, -0.15) is 0 Å².